The smallest absolute Gasteiger partial charge is 0.230 e. The van der Waals surface area contributed by atoms with Crippen molar-refractivity contribution in [2.75, 3.05) is 5.75 Å². The fourth-order valence-corrected chi connectivity index (χ4v) is 3.14. The molecule has 112 valence electrons. The van der Waals surface area contributed by atoms with E-state index in [9.17, 15) is 4.79 Å². The van der Waals surface area contributed by atoms with Gasteiger partial charge < -0.3 is 5.32 Å². The van der Waals surface area contributed by atoms with Gasteiger partial charge in [0.1, 0.15) is 0 Å². The third-order valence-electron chi connectivity index (χ3n) is 3.38. The van der Waals surface area contributed by atoms with Gasteiger partial charge in [0.25, 0.3) is 0 Å². The number of carbonyl (C=O) groups is 1. The Morgan fingerprint density at radius 3 is 2.90 bits per heavy atom. The van der Waals surface area contributed by atoms with Gasteiger partial charge in [-0.1, -0.05) is 43.3 Å². The van der Waals surface area contributed by atoms with Crippen molar-refractivity contribution < 1.29 is 4.79 Å². The van der Waals surface area contributed by atoms with Gasteiger partial charge in [-0.25, -0.2) is 4.98 Å². The van der Waals surface area contributed by atoms with E-state index < -0.39 is 0 Å². The molecule has 0 saturated carbocycles. The van der Waals surface area contributed by atoms with E-state index in [-0.39, 0.29) is 11.9 Å². The molecule has 0 aliphatic heterocycles. The topological polar surface area (TPSA) is 42.0 Å². The Hall–Kier alpha value is -1.55. The minimum absolute atomic E-state index is 0.0774. The van der Waals surface area contributed by atoms with Crippen LogP contribution in [-0.2, 0) is 4.79 Å². The molecule has 0 radical (unpaired) electrons. The lowest BCUT2D eigenvalue weighted by atomic mass is 10.1. The van der Waals surface area contributed by atoms with Crippen LogP contribution < -0.4 is 5.32 Å². The second kappa shape index (κ2) is 7.46. The van der Waals surface area contributed by atoms with E-state index in [4.69, 9.17) is 0 Å². The largest absolute Gasteiger partial charge is 0.353 e. The van der Waals surface area contributed by atoms with Crippen molar-refractivity contribution in [3.8, 4) is 0 Å². The van der Waals surface area contributed by atoms with Crippen LogP contribution in [0.25, 0.3) is 10.9 Å². The van der Waals surface area contributed by atoms with Crippen LogP contribution in [0.1, 0.15) is 32.3 Å². The number of hydrogen-bond donors (Lipinski definition) is 1. The molecule has 3 nitrogen and oxygen atoms in total. The van der Waals surface area contributed by atoms with Gasteiger partial charge in [0.2, 0.25) is 5.91 Å². The van der Waals surface area contributed by atoms with E-state index in [0.29, 0.717) is 5.75 Å². The number of amides is 1. The van der Waals surface area contributed by atoms with Gasteiger partial charge in [0.05, 0.1) is 16.3 Å². The molecule has 1 aromatic heterocycles. The van der Waals surface area contributed by atoms with Gasteiger partial charge in [-0.2, -0.15) is 0 Å². The third kappa shape index (κ3) is 4.46. The molecular weight excluding hydrogens is 280 g/mol. The standard InChI is InChI=1S/C17H22N2OS/c1-4-7-13(3)18-16(20)11-21-17-10-12(2)14-8-5-6-9-15(14)19-17/h5-6,8-10,13H,4,7,11H2,1-3H3,(H,18,20). The zero-order chi connectivity index (χ0) is 15.2. The van der Waals surface area contributed by atoms with E-state index in [1.54, 1.807) is 0 Å². The summed E-state index contributed by atoms with van der Waals surface area (Å²) in [6.07, 6.45) is 2.10. The lowest BCUT2D eigenvalue weighted by Gasteiger charge is -2.12. The summed E-state index contributed by atoms with van der Waals surface area (Å²) in [6.45, 7) is 6.25. The van der Waals surface area contributed by atoms with Gasteiger partial charge >= 0.3 is 0 Å². The zero-order valence-corrected chi connectivity index (χ0v) is 13.7. The van der Waals surface area contributed by atoms with Gasteiger partial charge in [-0.3, -0.25) is 4.79 Å². The highest BCUT2D eigenvalue weighted by molar-refractivity contribution is 7.99. The zero-order valence-electron chi connectivity index (χ0n) is 12.8. The molecule has 0 saturated heterocycles. The van der Waals surface area contributed by atoms with E-state index >= 15 is 0 Å². The summed E-state index contributed by atoms with van der Waals surface area (Å²) in [4.78, 5) is 16.5. The minimum atomic E-state index is 0.0774. The Morgan fingerprint density at radius 2 is 2.14 bits per heavy atom. The van der Waals surface area contributed by atoms with Gasteiger partial charge in [-0.05, 0) is 38.0 Å². The van der Waals surface area contributed by atoms with Crippen molar-refractivity contribution in [1.29, 1.82) is 0 Å². The number of fused-ring (bicyclic) bond motifs is 1. The van der Waals surface area contributed by atoms with Crippen molar-refractivity contribution in [1.82, 2.24) is 10.3 Å². The summed E-state index contributed by atoms with van der Waals surface area (Å²) in [7, 11) is 0. The Bertz CT molecular complexity index is 627. The average Bonchev–Trinajstić information content (AvgIpc) is 2.45. The number of benzene rings is 1. The number of hydrogen-bond acceptors (Lipinski definition) is 3. The SMILES string of the molecule is CCCC(C)NC(=O)CSc1cc(C)c2ccccc2n1. The Morgan fingerprint density at radius 1 is 1.38 bits per heavy atom. The second-order valence-electron chi connectivity index (χ2n) is 5.34. The maximum atomic E-state index is 11.9. The van der Waals surface area contributed by atoms with Crippen LogP contribution in [-0.4, -0.2) is 22.7 Å². The highest BCUT2D eigenvalue weighted by Crippen LogP contribution is 2.23. The molecule has 4 heteroatoms. The Kier molecular flexibility index (Phi) is 5.62. The quantitative estimate of drug-likeness (QED) is 0.822. The molecule has 0 aliphatic carbocycles. The van der Waals surface area contributed by atoms with Crippen molar-refractivity contribution >= 4 is 28.6 Å². The number of nitrogens with zero attached hydrogens (tertiary/aromatic N) is 1. The molecule has 0 bridgehead atoms. The first-order valence-corrected chi connectivity index (χ1v) is 8.37. The predicted octanol–water partition coefficient (Wildman–Crippen LogP) is 3.94. The summed E-state index contributed by atoms with van der Waals surface area (Å²) < 4.78 is 0. The first-order chi connectivity index (χ1) is 10.1. The van der Waals surface area contributed by atoms with E-state index in [0.717, 1.165) is 23.4 Å². The fourth-order valence-electron chi connectivity index (χ4n) is 2.35. The molecule has 1 atom stereocenters. The number of pyridine rings is 1. The molecule has 0 fully saturated rings. The third-order valence-corrected chi connectivity index (χ3v) is 4.29. The summed E-state index contributed by atoms with van der Waals surface area (Å²) >= 11 is 1.49. The van der Waals surface area contributed by atoms with E-state index in [1.165, 1.54) is 22.7 Å². The lowest BCUT2D eigenvalue weighted by Crippen LogP contribution is -2.33. The number of carbonyl (C=O) groups excluding carboxylic acids is 1. The highest BCUT2D eigenvalue weighted by atomic mass is 32.2. The highest BCUT2D eigenvalue weighted by Gasteiger charge is 2.09. The fraction of sp³-hybridized carbons (Fsp3) is 0.412. The second-order valence-corrected chi connectivity index (χ2v) is 6.34. The number of aromatic nitrogens is 1. The van der Waals surface area contributed by atoms with Crippen LogP contribution in [0.2, 0.25) is 0 Å². The number of rotatable bonds is 6. The predicted molar refractivity (Wildman–Crippen MR) is 89.7 cm³/mol. The molecular formula is C17H22N2OS. The molecule has 1 N–H and O–H groups in total. The van der Waals surface area contributed by atoms with Crippen molar-refractivity contribution in [3.05, 3.63) is 35.9 Å². The summed E-state index contributed by atoms with van der Waals surface area (Å²) in [5.74, 6) is 0.493. The maximum Gasteiger partial charge on any atom is 0.230 e. The summed E-state index contributed by atoms with van der Waals surface area (Å²) in [5, 5.41) is 5.09. The van der Waals surface area contributed by atoms with E-state index in [1.807, 2.05) is 25.1 Å². The first-order valence-electron chi connectivity index (χ1n) is 7.38. The van der Waals surface area contributed by atoms with Crippen molar-refractivity contribution in [3.63, 3.8) is 0 Å². The lowest BCUT2D eigenvalue weighted by molar-refractivity contribution is -0.119. The summed E-state index contributed by atoms with van der Waals surface area (Å²) in [5.41, 5.74) is 2.18. The molecule has 1 amide bonds. The number of aryl methyl sites for hydroxylation is 1. The molecule has 1 unspecified atom stereocenters. The summed E-state index contributed by atoms with van der Waals surface area (Å²) in [6, 6.07) is 10.4. The van der Waals surface area contributed by atoms with Crippen LogP contribution in [0.3, 0.4) is 0 Å². The maximum absolute atomic E-state index is 11.9. The van der Waals surface area contributed by atoms with Crippen LogP contribution >= 0.6 is 11.8 Å². The average molecular weight is 302 g/mol. The molecule has 0 aliphatic rings. The molecule has 2 aromatic rings. The number of thioether (sulfide) groups is 1. The van der Waals surface area contributed by atoms with Gasteiger partial charge in [0, 0.05) is 11.4 Å². The van der Waals surface area contributed by atoms with E-state index in [2.05, 4.69) is 36.3 Å². The number of para-hydroxylation sites is 1. The minimum Gasteiger partial charge on any atom is -0.353 e. The molecule has 2 rings (SSSR count). The van der Waals surface area contributed by atoms with Crippen LogP contribution in [0.5, 0.6) is 0 Å². The Labute approximate surface area is 130 Å². The van der Waals surface area contributed by atoms with Crippen LogP contribution in [0.15, 0.2) is 35.4 Å². The number of nitrogens with one attached hydrogen (secondary N) is 1. The van der Waals surface area contributed by atoms with Crippen molar-refractivity contribution in [2.24, 2.45) is 0 Å². The van der Waals surface area contributed by atoms with Crippen molar-refractivity contribution in [2.45, 2.75) is 44.7 Å². The van der Waals surface area contributed by atoms with Crippen LogP contribution in [0.4, 0.5) is 0 Å². The van der Waals surface area contributed by atoms with Crippen LogP contribution in [0, 0.1) is 6.92 Å². The van der Waals surface area contributed by atoms with Gasteiger partial charge in [0.15, 0.2) is 0 Å². The van der Waals surface area contributed by atoms with Gasteiger partial charge in [-0.15, -0.1) is 0 Å². The first kappa shape index (κ1) is 15.8. The molecule has 21 heavy (non-hydrogen) atoms. The molecule has 1 aromatic carbocycles. The molecule has 0 spiro atoms. The normalized spacial score (nSPS) is 12.3. The molecule has 1 heterocycles. The monoisotopic (exact) mass is 302 g/mol. The Balaban J connectivity index is 1.99.